The van der Waals surface area contributed by atoms with Crippen LogP contribution in [0.25, 0.3) is 0 Å². The standard InChI is InChI=1S/C28H16BF12.C6H15N/c30-25(31,32)17-1-9-21(10-2-17)29(22-11-3-18(4-12-22)26(33,34)35,23-13-5-19(6-14-23)27(36,37)38)24-15-7-20(8-16-24)28(39,40)41;1-4-7(5-2)6-3/h1-16H;4-6H2,1-3H3/q-1;/p+1. The first-order chi connectivity index (χ1) is 22.2. The molecule has 0 aliphatic heterocycles. The Bertz CT molecular complexity index is 1340. The number of benzene rings is 4. The Balaban J connectivity index is 0.000000804. The van der Waals surface area contributed by atoms with Crippen molar-refractivity contribution in [1.29, 1.82) is 0 Å². The second kappa shape index (κ2) is 14.7. The third kappa shape index (κ3) is 8.74. The molecule has 0 radical (unpaired) electrons. The van der Waals surface area contributed by atoms with Crippen molar-refractivity contribution in [1.82, 2.24) is 0 Å². The molecule has 0 fully saturated rings. The Hall–Kier alpha value is -3.94. The second-order valence-electron chi connectivity index (χ2n) is 11.2. The van der Waals surface area contributed by atoms with Gasteiger partial charge in [-0.15, -0.1) is 0 Å². The van der Waals surface area contributed by atoms with Gasteiger partial charge in [0, 0.05) is 0 Å². The Morgan fingerprint density at radius 3 is 0.625 bits per heavy atom. The molecular formula is C34H32BF12N. The zero-order valence-corrected chi connectivity index (χ0v) is 26.0. The van der Waals surface area contributed by atoms with Crippen molar-refractivity contribution in [2.24, 2.45) is 0 Å². The molecular weight excluding hydrogens is 661 g/mol. The second-order valence-corrected chi connectivity index (χ2v) is 11.2. The maximum absolute atomic E-state index is 13.3. The van der Waals surface area contributed by atoms with Crippen molar-refractivity contribution in [3.05, 3.63) is 119 Å². The summed E-state index contributed by atoms with van der Waals surface area (Å²) in [6.07, 6.45) is -22.0. The third-order valence-electron chi connectivity index (χ3n) is 8.45. The van der Waals surface area contributed by atoms with Crippen LogP contribution < -0.4 is 26.8 Å². The first kappa shape index (κ1) is 38.5. The van der Waals surface area contributed by atoms with Crippen molar-refractivity contribution in [2.45, 2.75) is 45.5 Å². The van der Waals surface area contributed by atoms with Crippen LogP contribution in [0.5, 0.6) is 0 Å². The van der Waals surface area contributed by atoms with Gasteiger partial charge in [0.2, 0.25) is 0 Å². The largest absolute Gasteiger partial charge is 0.416 e. The summed E-state index contributed by atoms with van der Waals surface area (Å²) in [4.78, 5) is 1.68. The molecule has 4 aromatic carbocycles. The van der Waals surface area contributed by atoms with E-state index in [1.165, 1.54) is 19.6 Å². The Labute approximate surface area is 270 Å². The van der Waals surface area contributed by atoms with Crippen molar-refractivity contribution >= 4 is 28.0 Å². The van der Waals surface area contributed by atoms with Gasteiger partial charge in [0.15, 0.2) is 0 Å². The summed E-state index contributed by atoms with van der Waals surface area (Å²) < 4.78 is 160. The zero-order valence-electron chi connectivity index (χ0n) is 26.0. The lowest BCUT2D eigenvalue weighted by molar-refractivity contribution is -0.894. The molecule has 14 heteroatoms. The van der Waals surface area contributed by atoms with Crippen LogP contribution in [0.2, 0.25) is 0 Å². The first-order valence-electron chi connectivity index (χ1n) is 14.9. The van der Waals surface area contributed by atoms with Crippen LogP contribution in [-0.2, 0) is 24.7 Å². The summed E-state index contributed by atoms with van der Waals surface area (Å²) in [5, 5.41) is 0. The lowest BCUT2D eigenvalue weighted by Gasteiger charge is -2.44. The summed E-state index contributed by atoms with van der Waals surface area (Å²) in [6, 6.07) is 13.6. The van der Waals surface area contributed by atoms with Crippen molar-refractivity contribution < 1.29 is 57.6 Å². The molecule has 0 unspecified atom stereocenters. The van der Waals surface area contributed by atoms with E-state index in [9.17, 15) is 52.7 Å². The minimum absolute atomic E-state index is 0.0114. The molecule has 4 aromatic rings. The van der Waals surface area contributed by atoms with Crippen molar-refractivity contribution in [2.75, 3.05) is 19.6 Å². The van der Waals surface area contributed by atoms with E-state index in [0.717, 1.165) is 48.5 Å². The van der Waals surface area contributed by atoms with E-state index in [1.807, 2.05) is 0 Å². The lowest BCUT2D eigenvalue weighted by Crippen LogP contribution is -3.11. The molecule has 1 N–H and O–H groups in total. The Morgan fingerprint density at radius 2 is 0.521 bits per heavy atom. The van der Waals surface area contributed by atoms with E-state index in [4.69, 9.17) is 0 Å². The number of hydrogen-bond donors (Lipinski definition) is 1. The molecule has 0 amide bonds. The molecule has 0 aliphatic rings. The van der Waals surface area contributed by atoms with Gasteiger partial charge in [0.25, 0.3) is 0 Å². The van der Waals surface area contributed by atoms with Crippen LogP contribution in [0.3, 0.4) is 0 Å². The van der Waals surface area contributed by atoms with Crippen LogP contribution >= 0.6 is 0 Å². The van der Waals surface area contributed by atoms with Crippen LogP contribution in [0.4, 0.5) is 52.7 Å². The molecule has 0 aliphatic carbocycles. The molecule has 4 rings (SSSR count). The van der Waals surface area contributed by atoms with Crippen molar-refractivity contribution in [3.8, 4) is 0 Å². The quantitative estimate of drug-likeness (QED) is 0.156. The monoisotopic (exact) mass is 693 g/mol. The van der Waals surface area contributed by atoms with Crippen LogP contribution in [0.15, 0.2) is 97.1 Å². The van der Waals surface area contributed by atoms with E-state index in [1.54, 1.807) is 4.90 Å². The number of quaternary nitrogens is 1. The number of halogens is 12. The smallest absolute Gasteiger partial charge is 0.336 e. The molecule has 0 saturated carbocycles. The molecule has 0 heterocycles. The predicted octanol–water partition coefficient (Wildman–Crippen LogP) is 7.07. The summed E-state index contributed by atoms with van der Waals surface area (Å²) in [5.41, 5.74) is -4.29. The maximum atomic E-state index is 13.3. The van der Waals surface area contributed by atoms with Gasteiger partial charge >= 0.3 is 24.7 Å². The summed E-state index contributed by atoms with van der Waals surface area (Å²) in [7, 11) is 0. The van der Waals surface area contributed by atoms with Gasteiger partial charge in [-0.3, -0.25) is 0 Å². The fourth-order valence-electron chi connectivity index (χ4n) is 5.75. The number of hydrogen-bond acceptors (Lipinski definition) is 0. The topological polar surface area (TPSA) is 4.44 Å². The first-order valence-corrected chi connectivity index (χ1v) is 14.9. The molecule has 0 atom stereocenters. The molecule has 48 heavy (non-hydrogen) atoms. The normalized spacial score (nSPS) is 12.9. The van der Waals surface area contributed by atoms with Gasteiger partial charge in [-0.25, -0.2) is 0 Å². The van der Waals surface area contributed by atoms with Gasteiger partial charge in [0.1, 0.15) is 6.15 Å². The molecule has 0 aromatic heterocycles. The highest BCUT2D eigenvalue weighted by atomic mass is 19.4. The average Bonchev–Trinajstić information content (AvgIpc) is 3.02. The van der Waals surface area contributed by atoms with E-state index >= 15 is 0 Å². The highest BCUT2D eigenvalue weighted by Gasteiger charge is 2.38. The van der Waals surface area contributed by atoms with Gasteiger partial charge in [-0.2, -0.15) is 74.5 Å². The number of nitrogens with one attached hydrogen (secondary N) is 1. The van der Waals surface area contributed by atoms with E-state index in [2.05, 4.69) is 20.8 Å². The fourth-order valence-corrected chi connectivity index (χ4v) is 5.75. The summed E-state index contributed by atoms with van der Waals surface area (Å²) in [5.74, 6) is 0. The number of alkyl halides is 12. The molecule has 0 bridgehead atoms. The summed E-state index contributed by atoms with van der Waals surface area (Å²) in [6.45, 7) is 10.5. The van der Waals surface area contributed by atoms with Crippen LogP contribution in [0, 0.1) is 0 Å². The lowest BCUT2D eigenvalue weighted by atomic mass is 9.13. The van der Waals surface area contributed by atoms with Crippen LogP contribution in [0.1, 0.15) is 43.0 Å². The Morgan fingerprint density at radius 1 is 0.354 bits per heavy atom. The average molecular weight is 693 g/mol. The minimum atomic E-state index is -4.77. The number of rotatable bonds is 7. The molecule has 1 nitrogen and oxygen atoms in total. The van der Waals surface area contributed by atoms with E-state index < -0.39 is 53.1 Å². The van der Waals surface area contributed by atoms with Crippen molar-refractivity contribution in [3.63, 3.8) is 0 Å². The SMILES string of the molecule is CC[NH+](CC)CC.FC(F)(F)c1ccc([B-](c2ccc(C(F)(F)F)cc2)(c2ccc(C(F)(F)F)cc2)c2ccc(C(F)(F)F)cc2)cc1. The minimum Gasteiger partial charge on any atom is -0.336 e. The van der Waals surface area contributed by atoms with Crippen LogP contribution in [-0.4, -0.2) is 25.8 Å². The van der Waals surface area contributed by atoms with E-state index in [0.29, 0.717) is 48.5 Å². The highest BCUT2D eigenvalue weighted by molar-refractivity contribution is 7.19. The molecule has 0 spiro atoms. The maximum Gasteiger partial charge on any atom is 0.416 e. The predicted molar refractivity (Wildman–Crippen MR) is 163 cm³/mol. The fraction of sp³-hybridized carbons (Fsp3) is 0.294. The highest BCUT2D eigenvalue weighted by Crippen LogP contribution is 2.32. The Kier molecular flexibility index (Phi) is 11.8. The molecule has 0 saturated heterocycles. The molecule has 260 valence electrons. The van der Waals surface area contributed by atoms with Gasteiger partial charge in [-0.1, -0.05) is 97.1 Å². The zero-order chi connectivity index (χ0) is 36.1. The summed E-state index contributed by atoms with van der Waals surface area (Å²) >= 11 is 0. The van der Waals surface area contributed by atoms with Gasteiger partial charge in [-0.05, 0) is 20.8 Å². The third-order valence-corrected chi connectivity index (χ3v) is 8.45. The van der Waals surface area contributed by atoms with Gasteiger partial charge in [0.05, 0.1) is 41.9 Å². The van der Waals surface area contributed by atoms with Gasteiger partial charge < -0.3 is 4.90 Å². The van der Waals surface area contributed by atoms with E-state index in [-0.39, 0.29) is 21.9 Å².